The Morgan fingerprint density at radius 1 is 1.38 bits per heavy atom. The molecule has 8 nitrogen and oxygen atoms in total. The van der Waals surface area contributed by atoms with Crippen molar-refractivity contribution in [3.63, 3.8) is 0 Å². The van der Waals surface area contributed by atoms with Crippen LogP contribution >= 0.6 is 11.3 Å². The van der Waals surface area contributed by atoms with Crippen LogP contribution in [0.3, 0.4) is 0 Å². The Hall–Kier alpha value is -2.94. The van der Waals surface area contributed by atoms with Gasteiger partial charge >= 0.3 is 0 Å². The van der Waals surface area contributed by atoms with Gasteiger partial charge in [0.25, 0.3) is 5.56 Å². The fourth-order valence-electron chi connectivity index (χ4n) is 2.45. The SMILES string of the molecule is COc1ccccc1CNC(=O)CN(C)c1nn2c(=O)cc(C)nc2s1. The van der Waals surface area contributed by atoms with Crippen molar-refractivity contribution >= 4 is 27.3 Å². The Labute approximate surface area is 154 Å². The Kier molecular flexibility index (Phi) is 5.17. The molecule has 0 unspecified atom stereocenters. The van der Waals surface area contributed by atoms with Gasteiger partial charge in [-0.1, -0.05) is 29.5 Å². The first-order valence-corrected chi connectivity index (χ1v) is 8.77. The summed E-state index contributed by atoms with van der Waals surface area (Å²) in [5.74, 6) is 0.572. The van der Waals surface area contributed by atoms with Gasteiger partial charge in [0.05, 0.1) is 13.7 Å². The van der Waals surface area contributed by atoms with E-state index in [0.29, 0.717) is 22.3 Å². The van der Waals surface area contributed by atoms with Crippen LogP contribution in [0.4, 0.5) is 5.13 Å². The molecule has 0 saturated carbocycles. The molecule has 0 fully saturated rings. The maximum atomic E-state index is 12.2. The normalized spacial score (nSPS) is 10.7. The molecule has 0 saturated heterocycles. The average Bonchev–Trinajstić information content (AvgIpc) is 3.04. The number of rotatable bonds is 6. The van der Waals surface area contributed by atoms with E-state index in [2.05, 4.69) is 15.4 Å². The van der Waals surface area contributed by atoms with E-state index in [1.165, 1.54) is 21.9 Å². The van der Waals surface area contributed by atoms with Crippen LogP contribution in [0.25, 0.3) is 4.96 Å². The minimum absolute atomic E-state index is 0.114. The Balaban J connectivity index is 1.66. The van der Waals surface area contributed by atoms with E-state index in [0.717, 1.165) is 11.3 Å². The predicted octanol–water partition coefficient (Wildman–Crippen LogP) is 1.22. The highest BCUT2D eigenvalue weighted by Gasteiger charge is 2.14. The van der Waals surface area contributed by atoms with E-state index in [9.17, 15) is 9.59 Å². The van der Waals surface area contributed by atoms with Crippen molar-refractivity contribution in [3.05, 3.63) is 51.9 Å². The van der Waals surface area contributed by atoms with Crippen molar-refractivity contribution in [1.29, 1.82) is 0 Å². The van der Waals surface area contributed by atoms with Crippen molar-refractivity contribution < 1.29 is 9.53 Å². The maximum Gasteiger partial charge on any atom is 0.275 e. The first-order valence-electron chi connectivity index (χ1n) is 7.95. The number of carbonyl (C=O) groups excluding carboxylic acids is 1. The lowest BCUT2D eigenvalue weighted by atomic mass is 10.2. The van der Waals surface area contributed by atoms with Crippen molar-refractivity contribution in [2.24, 2.45) is 0 Å². The molecule has 2 heterocycles. The summed E-state index contributed by atoms with van der Waals surface area (Å²) in [4.78, 5) is 30.7. The van der Waals surface area contributed by atoms with Crippen LogP contribution in [0.1, 0.15) is 11.3 Å². The summed E-state index contributed by atoms with van der Waals surface area (Å²) in [6.45, 7) is 2.25. The highest BCUT2D eigenvalue weighted by molar-refractivity contribution is 7.20. The number of ether oxygens (including phenoxy) is 1. The molecule has 0 spiro atoms. The lowest BCUT2D eigenvalue weighted by Crippen LogP contribution is -2.35. The second-order valence-electron chi connectivity index (χ2n) is 5.76. The third-order valence-corrected chi connectivity index (χ3v) is 4.76. The average molecular weight is 373 g/mol. The zero-order chi connectivity index (χ0) is 18.7. The van der Waals surface area contributed by atoms with E-state index in [1.807, 2.05) is 24.3 Å². The molecule has 1 aromatic carbocycles. The molecule has 0 bridgehead atoms. The summed E-state index contributed by atoms with van der Waals surface area (Å²) in [7, 11) is 3.34. The second-order valence-corrected chi connectivity index (χ2v) is 6.69. The molecule has 0 aliphatic heterocycles. The van der Waals surface area contributed by atoms with Gasteiger partial charge in [0, 0.05) is 30.9 Å². The molecule has 26 heavy (non-hydrogen) atoms. The molecule has 3 aromatic rings. The van der Waals surface area contributed by atoms with E-state index >= 15 is 0 Å². The number of aryl methyl sites for hydroxylation is 1. The number of fused-ring (bicyclic) bond motifs is 1. The highest BCUT2D eigenvalue weighted by atomic mass is 32.1. The van der Waals surface area contributed by atoms with E-state index < -0.39 is 0 Å². The molecule has 0 aliphatic carbocycles. The summed E-state index contributed by atoms with van der Waals surface area (Å²) < 4.78 is 6.52. The highest BCUT2D eigenvalue weighted by Crippen LogP contribution is 2.20. The van der Waals surface area contributed by atoms with Crippen molar-refractivity contribution in [3.8, 4) is 5.75 Å². The van der Waals surface area contributed by atoms with Crippen LogP contribution < -0.4 is 20.5 Å². The fourth-order valence-corrected chi connectivity index (χ4v) is 3.36. The molecule has 2 aromatic heterocycles. The smallest absolute Gasteiger partial charge is 0.275 e. The predicted molar refractivity (Wildman–Crippen MR) is 100.0 cm³/mol. The number of aromatic nitrogens is 3. The van der Waals surface area contributed by atoms with Gasteiger partial charge in [0.1, 0.15) is 5.75 Å². The van der Waals surface area contributed by atoms with Crippen LogP contribution in [0.5, 0.6) is 5.75 Å². The summed E-state index contributed by atoms with van der Waals surface area (Å²) >= 11 is 1.26. The number of hydrogen-bond donors (Lipinski definition) is 1. The number of carbonyl (C=O) groups is 1. The van der Waals surface area contributed by atoms with Gasteiger partial charge in [-0.2, -0.15) is 4.52 Å². The molecular weight excluding hydrogens is 354 g/mol. The first-order chi connectivity index (χ1) is 12.5. The first kappa shape index (κ1) is 17.9. The van der Waals surface area contributed by atoms with Gasteiger partial charge in [-0.15, -0.1) is 5.10 Å². The number of para-hydroxylation sites is 1. The van der Waals surface area contributed by atoms with Gasteiger partial charge in [0.15, 0.2) is 0 Å². The Bertz CT molecular complexity index is 997. The number of benzene rings is 1. The Morgan fingerprint density at radius 3 is 2.92 bits per heavy atom. The number of hydrogen-bond acceptors (Lipinski definition) is 7. The van der Waals surface area contributed by atoms with Crippen LogP contribution in [0.2, 0.25) is 0 Å². The third-order valence-electron chi connectivity index (χ3n) is 3.74. The van der Waals surface area contributed by atoms with Gasteiger partial charge < -0.3 is 15.0 Å². The molecule has 9 heteroatoms. The number of nitrogens with zero attached hydrogens (tertiary/aromatic N) is 4. The van der Waals surface area contributed by atoms with Crippen LogP contribution in [0, 0.1) is 6.92 Å². The topological polar surface area (TPSA) is 88.8 Å². The van der Waals surface area contributed by atoms with E-state index in [1.54, 1.807) is 26.0 Å². The van der Waals surface area contributed by atoms with Crippen molar-refractivity contribution in [1.82, 2.24) is 19.9 Å². The number of methoxy groups -OCH3 is 1. The quantitative estimate of drug-likeness (QED) is 0.699. The summed E-state index contributed by atoms with van der Waals surface area (Å²) in [6.07, 6.45) is 0. The van der Waals surface area contributed by atoms with Gasteiger partial charge in [-0.25, -0.2) is 4.98 Å². The standard InChI is InChI=1S/C17H19N5O3S/c1-11-8-15(24)22-16(19-11)26-17(20-22)21(2)10-14(23)18-9-12-6-4-5-7-13(12)25-3/h4-8H,9-10H2,1-3H3,(H,18,23). The monoisotopic (exact) mass is 373 g/mol. The molecular formula is C17H19N5O3S. The van der Waals surface area contributed by atoms with Crippen LogP contribution in [0.15, 0.2) is 35.1 Å². The molecule has 136 valence electrons. The summed E-state index contributed by atoms with van der Waals surface area (Å²) in [6, 6.07) is 8.95. The van der Waals surface area contributed by atoms with Crippen LogP contribution in [-0.2, 0) is 11.3 Å². The maximum absolute atomic E-state index is 12.2. The number of amides is 1. The number of likely N-dealkylation sites (N-methyl/N-ethyl adjacent to an activating group) is 1. The lowest BCUT2D eigenvalue weighted by Gasteiger charge is -2.15. The van der Waals surface area contributed by atoms with E-state index in [4.69, 9.17) is 4.74 Å². The number of nitrogens with one attached hydrogen (secondary N) is 1. The molecule has 0 atom stereocenters. The number of anilines is 1. The molecule has 0 aliphatic rings. The minimum atomic E-state index is -0.232. The zero-order valence-electron chi connectivity index (χ0n) is 14.7. The molecule has 0 radical (unpaired) electrons. The van der Waals surface area contributed by atoms with Crippen LogP contribution in [-0.4, -0.2) is 41.2 Å². The van der Waals surface area contributed by atoms with Crippen molar-refractivity contribution in [2.75, 3.05) is 25.6 Å². The largest absolute Gasteiger partial charge is 0.496 e. The van der Waals surface area contributed by atoms with Gasteiger partial charge in [-0.3, -0.25) is 9.59 Å². The minimum Gasteiger partial charge on any atom is -0.496 e. The van der Waals surface area contributed by atoms with Crippen molar-refractivity contribution in [2.45, 2.75) is 13.5 Å². The molecule has 1 N–H and O–H groups in total. The molecule has 3 rings (SSSR count). The second kappa shape index (κ2) is 7.52. The van der Waals surface area contributed by atoms with Gasteiger partial charge in [0.2, 0.25) is 16.0 Å². The van der Waals surface area contributed by atoms with E-state index in [-0.39, 0.29) is 18.0 Å². The Morgan fingerprint density at radius 2 is 2.15 bits per heavy atom. The third kappa shape index (κ3) is 3.83. The summed E-state index contributed by atoms with van der Waals surface area (Å²) in [5, 5.41) is 7.65. The summed E-state index contributed by atoms with van der Waals surface area (Å²) in [5.41, 5.74) is 1.31. The fraction of sp³-hybridized carbons (Fsp3) is 0.294. The van der Waals surface area contributed by atoms with Gasteiger partial charge in [-0.05, 0) is 13.0 Å². The molecule has 1 amide bonds. The zero-order valence-corrected chi connectivity index (χ0v) is 15.5. The lowest BCUT2D eigenvalue weighted by molar-refractivity contribution is -0.119.